The van der Waals surface area contributed by atoms with Crippen LogP contribution in [-0.4, -0.2) is 8.42 Å². The van der Waals surface area contributed by atoms with Crippen molar-refractivity contribution in [2.75, 3.05) is 4.72 Å². The van der Waals surface area contributed by atoms with E-state index in [9.17, 15) is 12.8 Å². The van der Waals surface area contributed by atoms with Crippen LogP contribution in [0.5, 0.6) is 0 Å². The molecule has 0 amide bonds. The number of sulfonamides is 1. The van der Waals surface area contributed by atoms with Gasteiger partial charge >= 0.3 is 0 Å². The van der Waals surface area contributed by atoms with Crippen LogP contribution in [0.4, 0.5) is 10.1 Å². The number of nitriles is 1. The van der Waals surface area contributed by atoms with Gasteiger partial charge in [-0.25, -0.2) is 12.8 Å². The molecule has 2 aromatic rings. The van der Waals surface area contributed by atoms with Gasteiger partial charge in [0.2, 0.25) is 0 Å². The third kappa shape index (κ3) is 3.45. The van der Waals surface area contributed by atoms with Crippen molar-refractivity contribution in [1.29, 1.82) is 5.26 Å². The van der Waals surface area contributed by atoms with Gasteiger partial charge in [-0.1, -0.05) is 23.2 Å². The van der Waals surface area contributed by atoms with Crippen molar-refractivity contribution in [3.63, 3.8) is 0 Å². The molecule has 0 aromatic heterocycles. The van der Waals surface area contributed by atoms with Crippen molar-refractivity contribution >= 4 is 38.9 Å². The molecule has 0 fully saturated rings. The summed E-state index contributed by atoms with van der Waals surface area (Å²) in [5, 5.41) is 8.68. The van der Waals surface area contributed by atoms with Crippen molar-refractivity contribution in [3.8, 4) is 6.07 Å². The number of nitrogens with one attached hydrogen (secondary N) is 1. The minimum Gasteiger partial charge on any atom is -0.278 e. The minimum atomic E-state index is -4.05. The molecule has 0 saturated carbocycles. The maximum atomic E-state index is 12.9. The summed E-state index contributed by atoms with van der Waals surface area (Å²) in [5.74, 6) is -0.590. The lowest BCUT2D eigenvalue weighted by atomic mass is 10.2. The molecule has 2 rings (SSSR count). The van der Waals surface area contributed by atoms with Crippen molar-refractivity contribution in [2.24, 2.45) is 0 Å². The van der Waals surface area contributed by atoms with Gasteiger partial charge in [0.1, 0.15) is 10.7 Å². The third-order valence-electron chi connectivity index (χ3n) is 2.53. The lowest BCUT2D eigenvalue weighted by Gasteiger charge is -2.11. The summed E-state index contributed by atoms with van der Waals surface area (Å²) >= 11 is 11.6. The van der Waals surface area contributed by atoms with E-state index in [-0.39, 0.29) is 26.2 Å². The maximum Gasteiger partial charge on any atom is 0.263 e. The van der Waals surface area contributed by atoms with Crippen LogP contribution in [0.2, 0.25) is 10.0 Å². The first-order valence-electron chi connectivity index (χ1n) is 5.51. The largest absolute Gasteiger partial charge is 0.278 e. The van der Waals surface area contributed by atoms with Gasteiger partial charge in [-0.05, 0) is 36.4 Å². The van der Waals surface area contributed by atoms with Gasteiger partial charge in [0, 0.05) is 0 Å². The molecule has 0 bridgehead atoms. The quantitative estimate of drug-likeness (QED) is 0.920. The summed E-state index contributed by atoms with van der Waals surface area (Å²) in [7, 11) is -4.05. The number of anilines is 1. The molecular weight excluding hydrogens is 338 g/mol. The third-order valence-corrected chi connectivity index (χ3v) is 4.69. The van der Waals surface area contributed by atoms with Crippen LogP contribution in [0.3, 0.4) is 0 Å². The summed E-state index contributed by atoms with van der Waals surface area (Å²) in [4.78, 5) is -0.261. The zero-order chi connectivity index (χ0) is 15.6. The zero-order valence-electron chi connectivity index (χ0n) is 10.3. The van der Waals surface area contributed by atoms with Crippen LogP contribution in [0.25, 0.3) is 0 Å². The first kappa shape index (κ1) is 15.6. The van der Waals surface area contributed by atoms with E-state index >= 15 is 0 Å². The molecule has 0 radical (unpaired) electrons. The second-order valence-corrected chi connectivity index (χ2v) is 6.45. The van der Waals surface area contributed by atoms with Crippen LogP contribution in [0, 0.1) is 17.1 Å². The molecule has 0 saturated heterocycles. The van der Waals surface area contributed by atoms with Crippen molar-refractivity contribution in [1.82, 2.24) is 0 Å². The maximum absolute atomic E-state index is 12.9. The molecule has 1 N–H and O–H groups in total. The predicted octanol–water partition coefficient (Wildman–Crippen LogP) is 3.80. The Morgan fingerprint density at radius 2 is 1.81 bits per heavy atom. The zero-order valence-corrected chi connectivity index (χ0v) is 12.6. The highest BCUT2D eigenvalue weighted by Crippen LogP contribution is 2.28. The fourth-order valence-electron chi connectivity index (χ4n) is 1.55. The molecule has 8 heteroatoms. The second kappa shape index (κ2) is 5.90. The van der Waals surface area contributed by atoms with E-state index in [1.807, 2.05) is 6.07 Å². The van der Waals surface area contributed by atoms with Crippen LogP contribution in [0.1, 0.15) is 5.56 Å². The van der Waals surface area contributed by atoms with Crippen molar-refractivity contribution in [2.45, 2.75) is 4.90 Å². The summed E-state index contributed by atoms with van der Waals surface area (Å²) < 4.78 is 39.7. The number of halogens is 3. The van der Waals surface area contributed by atoms with Crippen LogP contribution < -0.4 is 4.72 Å². The normalized spacial score (nSPS) is 11.0. The van der Waals surface area contributed by atoms with Gasteiger partial charge in [-0.15, -0.1) is 0 Å². The van der Waals surface area contributed by atoms with Gasteiger partial charge in [0.15, 0.2) is 0 Å². The van der Waals surface area contributed by atoms with Crippen molar-refractivity contribution in [3.05, 3.63) is 57.8 Å². The van der Waals surface area contributed by atoms with Gasteiger partial charge in [-0.2, -0.15) is 5.26 Å². The lowest BCUT2D eigenvalue weighted by Crippen LogP contribution is -2.14. The molecule has 0 spiro atoms. The van der Waals surface area contributed by atoms with E-state index in [2.05, 4.69) is 4.72 Å². The second-order valence-electron chi connectivity index (χ2n) is 3.99. The topological polar surface area (TPSA) is 70.0 Å². The van der Waals surface area contributed by atoms with Crippen LogP contribution >= 0.6 is 23.2 Å². The number of hydrogen-bond acceptors (Lipinski definition) is 3. The molecule has 2 aromatic carbocycles. The van der Waals surface area contributed by atoms with E-state index in [1.54, 1.807) is 0 Å². The first-order chi connectivity index (χ1) is 9.83. The van der Waals surface area contributed by atoms with E-state index in [1.165, 1.54) is 18.2 Å². The molecule has 0 aliphatic rings. The Morgan fingerprint density at radius 1 is 1.10 bits per heavy atom. The highest BCUT2D eigenvalue weighted by Gasteiger charge is 2.20. The standard InChI is InChI=1S/C13H7Cl2FN2O2S/c14-10-3-1-8(7-17)5-13(10)21(19,20)18-12-4-2-9(16)6-11(12)15/h1-6,18H. The molecule has 0 aliphatic carbocycles. The average Bonchev–Trinajstić information content (AvgIpc) is 2.42. The molecular formula is C13H7Cl2FN2O2S. The van der Waals surface area contributed by atoms with Crippen molar-refractivity contribution < 1.29 is 12.8 Å². The fraction of sp³-hybridized carbons (Fsp3) is 0. The van der Waals surface area contributed by atoms with E-state index in [0.29, 0.717) is 0 Å². The Hall–Kier alpha value is -1.81. The molecule has 108 valence electrons. The highest BCUT2D eigenvalue weighted by atomic mass is 35.5. The Balaban J connectivity index is 2.46. The number of nitrogens with zero attached hydrogens (tertiary/aromatic N) is 1. The molecule has 0 unspecified atom stereocenters. The Kier molecular flexibility index (Phi) is 4.37. The summed E-state index contributed by atoms with van der Waals surface area (Å²) in [6.45, 7) is 0. The minimum absolute atomic E-state index is 0.0106. The predicted molar refractivity (Wildman–Crippen MR) is 78.4 cm³/mol. The van der Waals surface area contributed by atoms with E-state index in [4.69, 9.17) is 28.5 Å². The molecule has 0 heterocycles. The first-order valence-corrected chi connectivity index (χ1v) is 7.75. The average molecular weight is 345 g/mol. The Morgan fingerprint density at radius 3 is 2.43 bits per heavy atom. The molecule has 21 heavy (non-hydrogen) atoms. The molecule has 4 nitrogen and oxygen atoms in total. The number of hydrogen-bond donors (Lipinski definition) is 1. The van der Waals surface area contributed by atoms with Crippen LogP contribution in [0.15, 0.2) is 41.3 Å². The summed E-state index contributed by atoms with van der Waals surface area (Å²) in [6.07, 6.45) is 0. The van der Waals surface area contributed by atoms with E-state index < -0.39 is 15.8 Å². The highest BCUT2D eigenvalue weighted by molar-refractivity contribution is 7.92. The lowest BCUT2D eigenvalue weighted by molar-refractivity contribution is 0.601. The summed E-state index contributed by atoms with van der Waals surface area (Å²) in [5.41, 5.74) is 0.154. The summed E-state index contributed by atoms with van der Waals surface area (Å²) in [6, 6.07) is 8.90. The molecule has 0 aliphatic heterocycles. The SMILES string of the molecule is N#Cc1ccc(Cl)c(S(=O)(=O)Nc2ccc(F)cc2Cl)c1. The van der Waals surface area contributed by atoms with Crippen LogP contribution in [-0.2, 0) is 10.0 Å². The van der Waals surface area contributed by atoms with Gasteiger partial charge in [-0.3, -0.25) is 4.72 Å². The van der Waals surface area contributed by atoms with E-state index in [0.717, 1.165) is 18.2 Å². The molecule has 0 atom stereocenters. The number of benzene rings is 2. The van der Waals surface area contributed by atoms with Gasteiger partial charge in [0.25, 0.3) is 10.0 Å². The Labute approximate surface area is 130 Å². The number of rotatable bonds is 3. The monoisotopic (exact) mass is 344 g/mol. The Bertz CT molecular complexity index is 848. The van der Waals surface area contributed by atoms with Gasteiger partial charge < -0.3 is 0 Å². The fourth-order valence-corrected chi connectivity index (χ4v) is 3.43. The van der Waals surface area contributed by atoms with Gasteiger partial charge in [0.05, 0.1) is 27.4 Å². The smallest absolute Gasteiger partial charge is 0.263 e.